The predicted octanol–water partition coefficient (Wildman–Crippen LogP) is 0.674. The number of rotatable bonds is 4. The number of nitrogens with one attached hydrogen (secondary N) is 2. The van der Waals surface area contributed by atoms with Crippen molar-refractivity contribution in [3.8, 4) is 0 Å². The van der Waals surface area contributed by atoms with Crippen molar-refractivity contribution in [2.45, 2.75) is 45.2 Å². The van der Waals surface area contributed by atoms with Gasteiger partial charge in [0.15, 0.2) is 0 Å². The minimum absolute atomic E-state index is 0.0595. The molecule has 1 aliphatic rings. The number of aryl methyl sites for hydroxylation is 1. The zero-order valence-corrected chi connectivity index (χ0v) is 10.5. The Morgan fingerprint density at radius 1 is 1.65 bits per heavy atom. The first-order valence-electron chi connectivity index (χ1n) is 6.06. The quantitative estimate of drug-likeness (QED) is 0.718. The van der Waals surface area contributed by atoms with Gasteiger partial charge in [0.1, 0.15) is 5.82 Å². The standard InChI is InChI=1S/C12H20N4O/c1-6(2)10(13)12(17)16-9-4-8(9)11-14-5-7(3)15-11/h5-6,8-10H,4,13H2,1-3H3,(H,14,15)(H,16,17)/t8-,9-,10+/m1/s1. The van der Waals surface area contributed by atoms with Gasteiger partial charge in [-0.15, -0.1) is 0 Å². The van der Waals surface area contributed by atoms with Crippen LogP contribution < -0.4 is 11.1 Å². The van der Waals surface area contributed by atoms with Gasteiger partial charge in [-0.1, -0.05) is 13.8 Å². The first-order chi connectivity index (χ1) is 7.99. The monoisotopic (exact) mass is 236 g/mol. The lowest BCUT2D eigenvalue weighted by molar-refractivity contribution is -0.123. The average Bonchev–Trinajstić information content (AvgIpc) is 2.89. The molecule has 0 saturated heterocycles. The Bertz CT molecular complexity index is 412. The van der Waals surface area contributed by atoms with Crippen molar-refractivity contribution in [2.24, 2.45) is 11.7 Å². The molecule has 1 aliphatic carbocycles. The Morgan fingerprint density at radius 2 is 2.35 bits per heavy atom. The summed E-state index contributed by atoms with van der Waals surface area (Å²) in [6.45, 7) is 5.87. The maximum atomic E-state index is 11.8. The number of H-pyrrole nitrogens is 1. The van der Waals surface area contributed by atoms with Crippen LogP contribution in [0.1, 0.15) is 37.7 Å². The smallest absolute Gasteiger partial charge is 0.237 e. The van der Waals surface area contributed by atoms with Crippen molar-refractivity contribution in [1.29, 1.82) is 0 Å². The molecule has 5 nitrogen and oxygen atoms in total. The van der Waals surface area contributed by atoms with E-state index in [0.29, 0.717) is 5.92 Å². The molecular formula is C12H20N4O. The van der Waals surface area contributed by atoms with Gasteiger partial charge in [-0.05, 0) is 19.3 Å². The molecule has 1 saturated carbocycles. The summed E-state index contributed by atoms with van der Waals surface area (Å²) in [6.07, 6.45) is 2.76. The maximum absolute atomic E-state index is 11.8. The number of hydrogen-bond acceptors (Lipinski definition) is 3. The number of imidazole rings is 1. The third-order valence-electron chi connectivity index (χ3n) is 3.21. The van der Waals surface area contributed by atoms with E-state index in [4.69, 9.17) is 5.73 Å². The molecule has 0 radical (unpaired) electrons. The van der Waals surface area contributed by atoms with Crippen molar-refractivity contribution >= 4 is 5.91 Å². The number of amides is 1. The van der Waals surface area contributed by atoms with E-state index in [9.17, 15) is 4.79 Å². The number of nitrogens with zero attached hydrogens (tertiary/aromatic N) is 1. The molecule has 1 amide bonds. The van der Waals surface area contributed by atoms with E-state index in [-0.39, 0.29) is 17.9 Å². The van der Waals surface area contributed by atoms with Crippen LogP contribution in [0.2, 0.25) is 0 Å². The molecular weight excluding hydrogens is 216 g/mol. The van der Waals surface area contributed by atoms with E-state index in [0.717, 1.165) is 17.9 Å². The van der Waals surface area contributed by atoms with E-state index in [1.165, 1.54) is 0 Å². The van der Waals surface area contributed by atoms with Crippen molar-refractivity contribution in [3.63, 3.8) is 0 Å². The lowest BCUT2D eigenvalue weighted by Crippen LogP contribution is -2.45. The number of carbonyl (C=O) groups is 1. The van der Waals surface area contributed by atoms with Crippen molar-refractivity contribution in [1.82, 2.24) is 15.3 Å². The van der Waals surface area contributed by atoms with Gasteiger partial charge in [-0.3, -0.25) is 4.79 Å². The highest BCUT2D eigenvalue weighted by Gasteiger charge is 2.42. The highest BCUT2D eigenvalue weighted by Crippen LogP contribution is 2.39. The summed E-state index contributed by atoms with van der Waals surface area (Å²) in [6, 6.07) is -0.229. The molecule has 94 valence electrons. The molecule has 0 aromatic carbocycles. The van der Waals surface area contributed by atoms with Crippen LogP contribution in [0.3, 0.4) is 0 Å². The molecule has 4 N–H and O–H groups in total. The van der Waals surface area contributed by atoms with Crippen LogP contribution >= 0.6 is 0 Å². The van der Waals surface area contributed by atoms with Crippen LogP contribution in [0.25, 0.3) is 0 Å². The topological polar surface area (TPSA) is 83.8 Å². The minimum atomic E-state index is -0.422. The van der Waals surface area contributed by atoms with Gasteiger partial charge in [0, 0.05) is 23.9 Å². The van der Waals surface area contributed by atoms with Gasteiger partial charge in [-0.25, -0.2) is 4.98 Å². The minimum Gasteiger partial charge on any atom is -0.351 e. The zero-order chi connectivity index (χ0) is 12.6. The fourth-order valence-corrected chi connectivity index (χ4v) is 1.86. The molecule has 1 aromatic heterocycles. The van der Waals surface area contributed by atoms with Gasteiger partial charge in [0.2, 0.25) is 5.91 Å². The second-order valence-electron chi connectivity index (χ2n) is 5.18. The highest BCUT2D eigenvalue weighted by molar-refractivity contribution is 5.82. The van der Waals surface area contributed by atoms with Crippen LogP contribution in [0.4, 0.5) is 0 Å². The Hall–Kier alpha value is -1.36. The molecule has 0 bridgehead atoms. The first-order valence-corrected chi connectivity index (χ1v) is 6.06. The van der Waals surface area contributed by atoms with Crippen LogP contribution in [0, 0.1) is 12.8 Å². The number of aromatic nitrogens is 2. The summed E-state index contributed by atoms with van der Waals surface area (Å²) in [5, 5.41) is 2.97. The predicted molar refractivity (Wildman–Crippen MR) is 65.4 cm³/mol. The Morgan fingerprint density at radius 3 is 2.88 bits per heavy atom. The molecule has 1 heterocycles. The molecule has 0 spiro atoms. The van der Waals surface area contributed by atoms with E-state index < -0.39 is 6.04 Å². The fourth-order valence-electron chi connectivity index (χ4n) is 1.86. The van der Waals surface area contributed by atoms with Gasteiger partial charge in [-0.2, -0.15) is 0 Å². The molecule has 1 aromatic rings. The summed E-state index contributed by atoms with van der Waals surface area (Å²) >= 11 is 0. The normalized spacial score (nSPS) is 24.8. The summed E-state index contributed by atoms with van der Waals surface area (Å²) in [5.41, 5.74) is 6.84. The number of hydrogen-bond donors (Lipinski definition) is 3. The highest BCUT2D eigenvalue weighted by atomic mass is 16.2. The molecule has 1 fully saturated rings. The van der Waals surface area contributed by atoms with Gasteiger partial charge in [0.05, 0.1) is 6.04 Å². The number of aromatic amines is 1. The van der Waals surface area contributed by atoms with Crippen LogP contribution in [0.5, 0.6) is 0 Å². The molecule has 2 rings (SSSR count). The molecule has 0 unspecified atom stereocenters. The van der Waals surface area contributed by atoms with Crippen LogP contribution in [-0.4, -0.2) is 28.0 Å². The van der Waals surface area contributed by atoms with Crippen molar-refractivity contribution in [3.05, 3.63) is 17.7 Å². The third kappa shape index (κ3) is 2.66. The number of nitrogens with two attached hydrogens (primary N) is 1. The van der Waals surface area contributed by atoms with E-state index in [1.54, 1.807) is 0 Å². The van der Waals surface area contributed by atoms with Crippen LogP contribution in [0.15, 0.2) is 6.20 Å². The lowest BCUT2D eigenvalue weighted by atomic mass is 10.1. The maximum Gasteiger partial charge on any atom is 0.237 e. The second kappa shape index (κ2) is 4.49. The third-order valence-corrected chi connectivity index (χ3v) is 3.21. The lowest BCUT2D eigenvalue weighted by Gasteiger charge is -2.15. The fraction of sp³-hybridized carbons (Fsp3) is 0.667. The van der Waals surface area contributed by atoms with Gasteiger partial charge in [0.25, 0.3) is 0 Å². The number of carbonyl (C=O) groups excluding carboxylic acids is 1. The second-order valence-corrected chi connectivity index (χ2v) is 5.18. The Balaban J connectivity index is 1.86. The average molecular weight is 236 g/mol. The molecule has 17 heavy (non-hydrogen) atoms. The van der Waals surface area contributed by atoms with Crippen LogP contribution in [-0.2, 0) is 4.79 Å². The van der Waals surface area contributed by atoms with Gasteiger partial charge < -0.3 is 16.0 Å². The summed E-state index contributed by atoms with van der Waals surface area (Å²) in [5.74, 6) is 1.40. The first kappa shape index (κ1) is 12.1. The van der Waals surface area contributed by atoms with E-state index >= 15 is 0 Å². The Kier molecular flexibility index (Phi) is 3.19. The largest absolute Gasteiger partial charge is 0.351 e. The van der Waals surface area contributed by atoms with E-state index in [1.807, 2.05) is 27.0 Å². The van der Waals surface area contributed by atoms with E-state index in [2.05, 4.69) is 15.3 Å². The van der Waals surface area contributed by atoms with Crippen molar-refractivity contribution in [2.75, 3.05) is 0 Å². The summed E-state index contributed by atoms with van der Waals surface area (Å²) in [4.78, 5) is 19.2. The summed E-state index contributed by atoms with van der Waals surface area (Å²) < 4.78 is 0. The zero-order valence-electron chi connectivity index (χ0n) is 10.5. The molecule has 5 heteroatoms. The Labute approximate surface area is 101 Å². The van der Waals surface area contributed by atoms with Crippen molar-refractivity contribution < 1.29 is 4.79 Å². The van der Waals surface area contributed by atoms with Gasteiger partial charge >= 0.3 is 0 Å². The summed E-state index contributed by atoms with van der Waals surface area (Å²) in [7, 11) is 0. The molecule has 0 aliphatic heterocycles. The molecule has 3 atom stereocenters. The SMILES string of the molecule is Cc1cnc([C@@H]2C[C@H]2NC(=O)[C@@H](N)C(C)C)[nH]1.